The zero-order valence-electron chi connectivity index (χ0n) is 12.9. The quantitative estimate of drug-likeness (QED) is 0.746. The lowest BCUT2D eigenvalue weighted by Crippen LogP contribution is -2.07. The van der Waals surface area contributed by atoms with Crippen LogP contribution in [0.25, 0.3) is 11.8 Å². The van der Waals surface area contributed by atoms with Crippen molar-refractivity contribution in [3.8, 4) is 5.69 Å². The van der Waals surface area contributed by atoms with Gasteiger partial charge in [0.2, 0.25) is 5.91 Å². The number of aryl methyl sites for hydroxylation is 1. The van der Waals surface area contributed by atoms with Crippen LogP contribution in [0, 0.1) is 13.8 Å². The third-order valence-corrected chi connectivity index (χ3v) is 4.10. The second-order valence-electron chi connectivity index (χ2n) is 4.99. The number of aromatic nitrogens is 3. The first-order valence-electron chi connectivity index (χ1n) is 7.15. The number of hydrogen-bond donors (Lipinski definition) is 1. The van der Waals surface area contributed by atoms with Crippen LogP contribution in [-0.4, -0.2) is 20.7 Å². The van der Waals surface area contributed by atoms with Gasteiger partial charge >= 0.3 is 0 Å². The highest BCUT2D eigenvalue weighted by Gasteiger charge is 2.10. The van der Waals surface area contributed by atoms with Gasteiger partial charge < -0.3 is 0 Å². The molecular weight excluding hydrogens is 308 g/mol. The molecule has 0 fully saturated rings. The van der Waals surface area contributed by atoms with Crippen molar-refractivity contribution in [3.05, 3.63) is 64.9 Å². The van der Waals surface area contributed by atoms with Crippen molar-refractivity contribution in [1.29, 1.82) is 0 Å². The minimum absolute atomic E-state index is 0.203. The van der Waals surface area contributed by atoms with Crippen molar-refractivity contribution >= 4 is 28.5 Å². The van der Waals surface area contributed by atoms with E-state index in [1.54, 1.807) is 12.3 Å². The van der Waals surface area contributed by atoms with E-state index in [1.165, 1.54) is 17.4 Å². The molecule has 23 heavy (non-hydrogen) atoms. The summed E-state index contributed by atoms with van der Waals surface area (Å²) in [5, 5.41) is 9.69. The first kappa shape index (κ1) is 15.2. The van der Waals surface area contributed by atoms with E-state index in [1.807, 2.05) is 54.2 Å². The van der Waals surface area contributed by atoms with Crippen LogP contribution in [0.3, 0.4) is 0 Å². The molecule has 0 aliphatic heterocycles. The normalized spacial score (nSPS) is 11.0. The van der Waals surface area contributed by atoms with Gasteiger partial charge in [-0.15, -0.1) is 11.3 Å². The van der Waals surface area contributed by atoms with E-state index >= 15 is 0 Å². The van der Waals surface area contributed by atoms with Crippen molar-refractivity contribution in [2.75, 3.05) is 5.32 Å². The van der Waals surface area contributed by atoms with Gasteiger partial charge in [-0.1, -0.05) is 18.2 Å². The van der Waals surface area contributed by atoms with E-state index in [0.717, 1.165) is 22.6 Å². The number of nitrogens with zero attached hydrogens (tertiary/aromatic N) is 3. The minimum Gasteiger partial charge on any atom is -0.298 e. The summed E-state index contributed by atoms with van der Waals surface area (Å²) in [7, 11) is 0. The van der Waals surface area contributed by atoms with Gasteiger partial charge in [0.25, 0.3) is 0 Å². The molecule has 0 unspecified atom stereocenters. The Kier molecular flexibility index (Phi) is 4.34. The molecule has 116 valence electrons. The van der Waals surface area contributed by atoms with E-state index in [2.05, 4.69) is 15.4 Å². The molecule has 0 spiro atoms. The summed E-state index contributed by atoms with van der Waals surface area (Å²) in [5.41, 5.74) is 3.82. The fraction of sp³-hybridized carbons (Fsp3) is 0.118. The first-order chi connectivity index (χ1) is 11.1. The number of para-hydroxylation sites is 1. The number of nitrogens with one attached hydrogen (secondary N) is 1. The Labute approximate surface area is 138 Å². The number of carbonyl (C=O) groups excluding carboxylic acids is 1. The van der Waals surface area contributed by atoms with Crippen LogP contribution < -0.4 is 5.32 Å². The SMILES string of the molecule is Cc1nn(-c2ccccc2)c(C)c1/C=C/C(=O)Nc1nccs1. The standard InChI is InChI=1S/C17H16N4OS/c1-12-15(8-9-16(22)19-17-18-10-11-23-17)13(2)21(20-12)14-6-4-3-5-7-14/h3-11H,1-2H3,(H,18,19,22)/b9-8+. The highest BCUT2D eigenvalue weighted by Crippen LogP contribution is 2.19. The molecule has 0 bridgehead atoms. The average molecular weight is 324 g/mol. The molecule has 0 saturated carbocycles. The molecule has 0 aliphatic carbocycles. The Balaban J connectivity index is 1.82. The molecule has 2 aromatic heterocycles. The molecular formula is C17H16N4OS. The van der Waals surface area contributed by atoms with E-state index in [4.69, 9.17) is 0 Å². The lowest BCUT2D eigenvalue weighted by Gasteiger charge is -2.03. The predicted octanol–water partition coefficient (Wildman–Crippen LogP) is 3.60. The third-order valence-electron chi connectivity index (χ3n) is 3.41. The number of benzene rings is 1. The van der Waals surface area contributed by atoms with Gasteiger partial charge in [-0.2, -0.15) is 5.10 Å². The molecule has 0 radical (unpaired) electrons. The van der Waals surface area contributed by atoms with Crippen LogP contribution in [0.4, 0.5) is 5.13 Å². The summed E-state index contributed by atoms with van der Waals surface area (Å²) in [5.74, 6) is -0.203. The molecule has 5 nitrogen and oxygen atoms in total. The Bertz CT molecular complexity index is 835. The van der Waals surface area contributed by atoms with E-state index in [-0.39, 0.29) is 5.91 Å². The van der Waals surface area contributed by atoms with E-state index in [9.17, 15) is 4.79 Å². The zero-order valence-corrected chi connectivity index (χ0v) is 13.7. The van der Waals surface area contributed by atoms with Crippen LogP contribution in [0.5, 0.6) is 0 Å². The predicted molar refractivity (Wildman–Crippen MR) is 92.8 cm³/mol. The van der Waals surface area contributed by atoms with Crippen LogP contribution in [-0.2, 0) is 4.79 Å². The summed E-state index contributed by atoms with van der Waals surface area (Å²) in [6.07, 6.45) is 4.95. The van der Waals surface area contributed by atoms with Gasteiger partial charge in [-0.25, -0.2) is 9.67 Å². The largest absolute Gasteiger partial charge is 0.298 e. The highest BCUT2D eigenvalue weighted by molar-refractivity contribution is 7.13. The molecule has 0 aliphatic rings. The first-order valence-corrected chi connectivity index (χ1v) is 8.03. The summed E-state index contributed by atoms with van der Waals surface area (Å²) in [6, 6.07) is 9.93. The second kappa shape index (κ2) is 6.58. The molecule has 1 N–H and O–H groups in total. The Morgan fingerprint density at radius 1 is 1.26 bits per heavy atom. The fourth-order valence-electron chi connectivity index (χ4n) is 2.31. The molecule has 6 heteroatoms. The van der Waals surface area contributed by atoms with Crippen molar-refractivity contribution in [3.63, 3.8) is 0 Å². The van der Waals surface area contributed by atoms with Gasteiger partial charge in [0.05, 0.1) is 11.4 Å². The highest BCUT2D eigenvalue weighted by atomic mass is 32.1. The van der Waals surface area contributed by atoms with E-state index in [0.29, 0.717) is 5.13 Å². The van der Waals surface area contributed by atoms with Crippen molar-refractivity contribution in [2.24, 2.45) is 0 Å². The second-order valence-corrected chi connectivity index (χ2v) is 5.89. The number of anilines is 1. The third kappa shape index (κ3) is 3.37. The zero-order chi connectivity index (χ0) is 16.2. The molecule has 0 atom stereocenters. The number of thiazole rings is 1. The molecule has 3 rings (SSSR count). The maximum atomic E-state index is 11.9. The fourth-order valence-corrected chi connectivity index (χ4v) is 2.84. The monoisotopic (exact) mass is 324 g/mol. The number of amides is 1. The van der Waals surface area contributed by atoms with E-state index < -0.39 is 0 Å². The lowest BCUT2D eigenvalue weighted by molar-refractivity contribution is -0.111. The van der Waals surface area contributed by atoms with Crippen LogP contribution in [0.1, 0.15) is 17.0 Å². The lowest BCUT2D eigenvalue weighted by atomic mass is 10.2. The number of carbonyl (C=O) groups is 1. The molecule has 3 aromatic rings. The molecule has 2 heterocycles. The Morgan fingerprint density at radius 3 is 2.74 bits per heavy atom. The van der Waals surface area contributed by atoms with Crippen LogP contribution >= 0.6 is 11.3 Å². The average Bonchev–Trinajstić information content (AvgIpc) is 3.15. The van der Waals surface area contributed by atoms with Gasteiger partial charge in [0, 0.05) is 28.9 Å². The van der Waals surface area contributed by atoms with Crippen molar-refractivity contribution in [2.45, 2.75) is 13.8 Å². The summed E-state index contributed by atoms with van der Waals surface area (Å²) in [4.78, 5) is 16.0. The smallest absolute Gasteiger partial charge is 0.250 e. The van der Waals surface area contributed by atoms with Gasteiger partial charge in [0.15, 0.2) is 5.13 Å². The molecule has 0 saturated heterocycles. The summed E-state index contributed by atoms with van der Waals surface area (Å²) < 4.78 is 1.88. The summed E-state index contributed by atoms with van der Waals surface area (Å²) >= 11 is 1.39. The Hall–Kier alpha value is -2.73. The minimum atomic E-state index is -0.203. The van der Waals surface area contributed by atoms with Crippen molar-refractivity contribution in [1.82, 2.24) is 14.8 Å². The molecule has 1 amide bonds. The van der Waals surface area contributed by atoms with Crippen LogP contribution in [0.15, 0.2) is 48.0 Å². The molecule has 1 aromatic carbocycles. The number of hydrogen-bond acceptors (Lipinski definition) is 4. The maximum Gasteiger partial charge on any atom is 0.250 e. The van der Waals surface area contributed by atoms with Gasteiger partial charge in [-0.05, 0) is 32.1 Å². The van der Waals surface area contributed by atoms with Gasteiger partial charge in [0.1, 0.15) is 0 Å². The Morgan fingerprint density at radius 2 is 2.04 bits per heavy atom. The van der Waals surface area contributed by atoms with Crippen LogP contribution in [0.2, 0.25) is 0 Å². The summed E-state index contributed by atoms with van der Waals surface area (Å²) in [6.45, 7) is 3.93. The maximum absolute atomic E-state index is 11.9. The topological polar surface area (TPSA) is 59.8 Å². The number of rotatable bonds is 4. The van der Waals surface area contributed by atoms with Crippen molar-refractivity contribution < 1.29 is 4.79 Å². The van der Waals surface area contributed by atoms with Gasteiger partial charge in [-0.3, -0.25) is 10.1 Å².